The van der Waals surface area contributed by atoms with E-state index >= 15 is 0 Å². The third-order valence-electron chi connectivity index (χ3n) is 5.16. The first-order valence-electron chi connectivity index (χ1n) is 9.67. The number of benzene rings is 2. The molecule has 0 aliphatic carbocycles. The summed E-state index contributed by atoms with van der Waals surface area (Å²) < 4.78 is 79.7. The highest BCUT2D eigenvalue weighted by Gasteiger charge is 2.39. The van der Waals surface area contributed by atoms with Gasteiger partial charge in [0.25, 0.3) is 0 Å². The predicted octanol–water partition coefficient (Wildman–Crippen LogP) is 3.81. The molecule has 1 saturated heterocycles. The van der Waals surface area contributed by atoms with Gasteiger partial charge in [-0.1, -0.05) is 12.1 Å². The topological polar surface area (TPSA) is 66.4 Å². The molecule has 0 unspecified atom stereocenters. The van der Waals surface area contributed by atoms with E-state index in [1.54, 1.807) is 24.3 Å². The molecule has 4 rings (SSSR count). The van der Waals surface area contributed by atoms with Crippen LogP contribution in [-0.4, -0.2) is 49.1 Å². The molecule has 0 amide bonds. The van der Waals surface area contributed by atoms with E-state index < -0.39 is 26.7 Å². The fourth-order valence-corrected chi connectivity index (χ4v) is 5.13. The number of rotatable bonds is 4. The molecule has 0 spiro atoms. The molecule has 168 valence electrons. The summed E-state index contributed by atoms with van der Waals surface area (Å²) in [6.45, 7) is 0.516. The Morgan fingerprint density at radius 3 is 2.06 bits per heavy atom. The van der Waals surface area contributed by atoms with Gasteiger partial charge in [0.05, 0.1) is 16.2 Å². The number of alkyl halides is 3. The number of anilines is 1. The molecule has 2 heterocycles. The highest BCUT2D eigenvalue weighted by molar-refractivity contribution is 7.89. The molecule has 1 aromatic heterocycles. The maximum absolute atomic E-state index is 13.3. The summed E-state index contributed by atoms with van der Waals surface area (Å²) in [5.74, 6) is 0.160. The van der Waals surface area contributed by atoms with Crippen LogP contribution >= 0.6 is 0 Å². The van der Waals surface area contributed by atoms with E-state index in [1.165, 1.54) is 18.2 Å². The second-order valence-electron chi connectivity index (χ2n) is 7.17. The first kappa shape index (κ1) is 22.2. The van der Waals surface area contributed by atoms with Gasteiger partial charge in [-0.3, -0.25) is 0 Å². The molecule has 1 aliphatic heterocycles. The SMILES string of the molecule is O=S(=O)(c1ccccc1C(F)(F)F)N1CCN(c2ccc(-c3ccc(F)cc3)nn2)CC1. The van der Waals surface area contributed by atoms with Crippen molar-refractivity contribution in [2.24, 2.45) is 0 Å². The molecule has 0 N–H and O–H groups in total. The van der Waals surface area contributed by atoms with Crippen molar-refractivity contribution in [1.29, 1.82) is 0 Å². The van der Waals surface area contributed by atoms with Gasteiger partial charge in [0.15, 0.2) is 5.82 Å². The first-order valence-corrected chi connectivity index (χ1v) is 11.1. The molecule has 0 bridgehead atoms. The highest BCUT2D eigenvalue weighted by atomic mass is 32.2. The van der Waals surface area contributed by atoms with Crippen molar-refractivity contribution in [3.8, 4) is 11.3 Å². The minimum absolute atomic E-state index is 0.00984. The Balaban J connectivity index is 1.47. The number of halogens is 4. The van der Waals surface area contributed by atoms with Gasteiger partial charge < -0.3 is 4.90 Å². The Bertz CT molecular complexity index is 1190. The third-order valence-corrected chi connectivity index (χ3v) is 7.12. The minimum Gasteiger partial charge on any atom is -0.352 e. The average molecular weight is 466 g/mol. The average Bonchev–Trinajstić information content (AvgIpc) is 2.79. The minimum atomic E-state index is -4.77. The lowest BCUT2D eigenvalue weighted by Gasteiger charge is -2.34. The zero-order valence-corrected chi connectivity index (χ0v) is 17.4. The molecule has 1 aliphatic rings. The van der Waals surface area contributed by atoms with E-state index in [-0.39, 0.29) is 32.0 Å². The fourth-order valence-electron chi connectivity index (χ4n) is 3.49. The van der Waals surface area contributed by atoms with Crippen molar-refractivity contribution in [2.75, 3.05) is 31.1 Å². The van der Waals surface area contributed by atoms with E-state index in [1.807, 2.05) is 4.90 Å². The molecular weight excluding hydrogens is 448 g/mol. The normalized spacial score (nSPS) is 15.7. The monoisotopic (exact) mass is 466 g/mol. The molecule has 32 heavy (non-hydrogen) atoms. The quantitative estimate of drug-likeness (QED) is 0.547. The van der Waals surface area contributed by atoms with Crippen molar-refractivity contribution in [2.45, 2.75) is 11.1 Å². The van der Waals surface area contributed by atoms with Crippen molar-refractivity contribution in [3.05, 3.63) is 72.0 Å². The molecular formula is C21H18F4N4O2S. The Labute approximate surface area is 182 Å². The van der Waals surface area contributed by atoms with E-state index in [4.69, 9.17) is 0 Å². The lowest BCUT2D eigenvalue weighted by atomic mass is 10.1. The lowest BCUT2D eigenvalue weighted by Crippen LogP contribution is -2.49. The number of piperazine rings is 1. The van der Waals surface area contributed by atoms with E-state index in [9.17, 15) is 26.0 Å². The largest absolute Gasteiger partial charge is 0.417 e. The molecule has 0 atom stereocenters. The van der Waals surface area contributed by atoms with Gasteiger partial charge in [-0.15, -0.1) is 10.2 Å². The van der Waals surface area contributed by atoms with Crippen LogP contribution in [0.2, 0.25) is 0 Å². The molecule has 0 saturated carbocycles. The summed E-state index contributed by atoms with van der Waals surface area (Å²) in [6.07, 6.45) is -4.77. The molecule has 11 heteroatoms. The third kappa shape index (κ3) is 4.44. The van der Waals surface area contributed by atoms with Crippen molar-refractivity contribution in [3.63, 3.8) is 0 Å². The maximum atomic E-state index is 13.3. The molecule has 0 radical (unpaired) electrons. The lowest BCUT2D eigenvalue weighted by molar-refractivity contribution is -0.139. The first-order chi connectivity index (χ1) is 15.2. The Hall–Kier alpha value is -3.05. The van der Waals surface area contributed by atoms with Crippen LogP contribution in [0.1, 0.15) is 5.56 Å². The number of nitrogens with zero attached hydrogens (tertiary/aromatic N) is 4. The van der Waals surface area contributed by atoms with Gasteiger partial charge in [-0.25, -0.2) is 12.8 Å². The Morgan fingerprint density at radius 1 is 0.812 bits per heavy atom. The zero-order valence-electron chi connectivity index (χ0n) is 16.6. The van der Waals surface area contributed by atoms with Crippen molar-refractivity contribution < 1.29 is 26.0 Å². The zero-order chi connectivity index (χ0) is 22.9. The van der Waals surface area contributed by atoms with E-state index in [0.29, 0.717) is 17.1 Å². The summed E-state index contributed by atoms with van der Waals surface area (Å²) in [5.41, 5.74) is 0.0769. The van der Waals surface area contributed by atoms with Crippen LogP contribution in [0.25, 0.3) is 11.3 Å². The summed E-state index contributed by atoms with van der Waals surface area (Å²) in [6, 6.07) is 13.4. The van der Waals surface area contributed by atoms with Crippen LogP contribution in [0.3, 0.4) is 0 Å². The van der Waals surface area contributed by atoms with Crippen LogP contribution in [-0.2, 0) is 16.2 Å². The van der Waals surface area contributed by atoms with Crippen LogP contribution in [0.5, 0.6) is 0 Å². The second-order valence-corrected chi connectivity index (χ2v) is 9.08. The maximum Gasteiger partial charge on any atom is 0.417 e. The predicted molar refractivity (Wildman–Crippen MR) is 110 cm³/mol. The van der Waals surface area contributed by atoms with Gasteiger partial charge in [0.2, 0.25) is 10.0 Å². The molecule has 3 aromatic rings. The van der Waals surface area contributed by atoms with Crippen LogP contribution in [0, 0.1) is 5.82 Å². The van der Waals surface area contributed by atoms with Gasteiger partial charge in [-0.2, -0.15) is 17.5 Å². The van der Waals surface area contributed by atoms with Gasteiger partial charge in [0, 0.05) is 31.7 Å². The van der Waals surface area contributed by atoms with E-state index in [0.717, 1.165) is 22.5 Å². The van der Waals surface area contributed by atoms with Crippen molar-refractivity contribution in [1.82, 2.24) is 14.5 Å². The number of sulfonamides is 1. The number of aromatic nitrogens is 2. The fraction of sp³-hybridized carbons (Fsp3) is 0.238. The Morgan fingerprint density at radius 2 is 1.47 bits per heavy atom. The summed E-state index contributed by atoms with van der Waals surface area (Å²) in [7, 11) is -4.31. The summed E-state index contributed by atoms with van der Waals surface area (Å²) >= 11 is 0. The molecule has 6 nitrogen and oxygen atoms in total. The summed E-state index contributed by atoms with van der Waals surface area (Å²) in [4.78, 5) is 1.06. The van der Waals surface area contributed by atoms with Crippen LogP contribution < -0.4 is 4.90 Å². The summed E-state index contributed by atoms with van der Waals surface area (Å²) in [5, 5.41) is 8.30. The molecule has 1 fully saturated rings. The number of hydrogen-bond donors (Lipinski definition) is 0. The van der Waals surface area contributed by atoms with Crippen LogP contribution in [0.4, 0.5) is 23.4 Å². The van der Waals surface area contributed by atoms with Crippen molar-refractivity contribution >= 4 is 15.8 Å². The standard InChI is InChI=1S/C21H18F4N4O2S/c22-16-7-5-15(6-8-16)18-9-10-20(27-26-18)28-11-13-29(14-12-28)32(30,31)19-4-2-1-3-17(19)21(23,24)25/h1-10H,11-14H2. The molecule has 2 aromatic carbocycles. The highest BCUT2D eigenvalue weighted by Crippen LogP contribution is 2.35. The smallest absolute Gasteiger partial charge is 0.352 e. The van der Waals surface area contributed by atoms with Gasteiger partial charge in [0.1, 0.15) is 5.82 Å². The van der Waals surface area contributed by atoms with Gasteiger partial charge >= 0.3 is 6.18 Å². The van der Waals surface area contributed by atoms with E-state index in [2.05, 4.69) is 10.2 Å². The number of hydrogen-bond acceptors (Lipinski definition) is 5. The second kappa shape index (κ2) is 8.47. The van der Waals surface area contributed by atoms with Gasteiger partial charge in [-0.05, 0) is 48.5 Å². The van der Waals surface area contributed by atoms with Crippen LogP contribution in [0.15, 0.2) is 65.6 Å². The Kier molecular flexibility index (Phi) is 5.87.